The van der Waals surface area contributed by atoms with E-state index in [1.54, 1.807) is 17.7 Å². The van der Waals surface area contributed by atoms with E-state index in [2.05, 4.69) is 20.6 Å². The van der Waals surface area contributed by atoms with Crippen LogP contribution >= 0.6 is 0 Å². The number of imide groups is 1. The third kappa shape index (κ3) is 21.8. The van der Waals surface area contributed by atoms with Gasteiger partial charge in [-0.25, -0.2) is 0 Å². The maximum atomic E-state index is 11.5. The van der Waals surface area contributed by atoms with E-state index in [4.69, 9.17) is 37.0 Å². The Morgan fingerprint density at radius 1 is 0.622 bits per heavy atom. The second-order valence-electron chi connectivity index (χ2n) is 8.40. The van der Waals surface area contributed by atoms with Gasteiger partial charge in [0.1, 0.15) is 0 Å². The molecule has 45 heavy (non-hydrogen) atoms. The number of pyridine rings is 2. The number of hydrogen-bond acceptors (Lipinski definition) is 7. The molecule has 4 aliphatic heterocycles. The molecule has 2 amide bonds. The van der Waals surface area contributed by atoms with Gasteiger partial charge in [0.05, 0.1) is 13.4 Å². The molecule has 8 nitrogen and oxygen atoms in total. The topological polar surface area (TPSA) is 99.2 Å². The molecule has 0 aliphatic carbocycles. The summed E-state index contributed by atoms with van der Waals surface area (Å²) in [5, 5.41) is 5.90. The lowest BCUT2D eigenvalue weighted by Crippen LogP contribution is -2.39. The van der Waals surface area contributed by atoms with E-state index in [-0.39, 0.29) is 11.8 Å². The molecule has 4 aliphatic rings. The molecule has 2 aromatic heterocycles. The van der Waals surface area contributed by atoms with Crippen LogP contribution in [0, 0.1) is 0 Å². The third-order valence-corrected chi connectivity index (χ3v) is 5.09. The van der Waals surface area contributed by atoms with Crippen LogP contribution in [0.3, 0.4) is 0 Å². The van der Waals surface area contributed by atoms with Crippen LogP contribution in [0.4, 0.5) is 0 Å². The first kappa shape index (κ1) is 14.1. The lowest BCUT2D eigenvalue weighted by molar-refractivity contribution is -0.148. The van der Waals surface area contributed by atoms with Gasteiger partial charge in [-0.15, -0.1) is 0 Å². The van der Waals surface area contributed by atoms with Gasteiger partial charge in [-0.1, -0.05) is 61.6 Å². The Bertz CT molecular complexity index is 2130. The molecule has 3 aromatic rings. The minimum absolute atomic E-state index is 0.0462. The summed E-state index contributed by atoms with van der Waals surface area (Å²) in [6.07, 6.45) is -12.1. The summed E-state index contributed by atoms with van der Waals surface area (Å²) in [4.78, 5) is 31.4. The first-order valence-corrected chi connectivity index (χ1v) is 13.8. The quantitative estimate of drug-likeness (QED) is 0.287. The molecule has 6 heterocycles. The zero-order valence-electron chi connectivity index (χ0n) is 51.5. The van der Waals surface area contributed by atoms with Crippen LogP contribution in [-0.4, -0.2) is 65.7 Å². The van der Waals surface area contributed by atoms with E-state index < -0.39 is 108 Å². The summed E-state index contributed by atoms with van der Waals surface area (Å²) in [6, 6.07) is 14.1. The fourth-order valence-corrected chi connectivity index (χ4v) is 3.10. The fraction of sp³-hybridized carbons (Fsp3) is 0.514. The molecular weight excluding hydrogens is 560 g/mol. The first-order valence-electron chi connectivity index (χ1n) is 27.5. The third-order valence-electron chi connectivity index (χ3n) is 5.09. The molecule has 1 aromatic carbocycles. The molecule has 0 saturated carbocycles. The van der Waals surface area contributed by atoms with Gasteiger partial charge in [-0.3, -0.25) is 24.5 Å². The fourth-order valence-electron chi connectivity index (χ4n) is 3.10. The standard InChI is InChI=1S/C12H13NO2.3C5H11N.2C5H5N/c14-11-7-4-8-12(15)13(11)9-10-5-2-1-3-6-10;5*1-2-4-6-5-3-1/h1-3,5-6H,4,7-9H2;3*6H,1-5H2;2*1-5H/i;1D2,2D2,3D2,4D2,5D2;1D2,2D2,3D2,4D,5D;4D2,5D2;1D,2D,3D,4D,5D;. The van der Waals surface area contributed by atoms with Crippen LogP contribution < -0.4 is 16.0 Å². The highest BCUT2D eigenvalue weighted by Gasteiger charge is 2.25. The average Bonchev–Trinajstić information content (AvgIpc) is 3.26. The number of aromatic nitrogens is 2. The molecule has 0 spiro atoms. The summed E-state index contributed by atoms with van der Waals surface area (Å²) in [6.45, 7) is -11.9. The zero-order valence-corrected chi connectivity index (χ0v) is 24.5. The van der Waals surface area contributed by atoms with Crippen molar-refractivity contribution in [3.05, 3.63) is 97.0 Å². The van der Waals surface area contributed by atoms with Gasteiger partial charge < -0.3 is 16.0 Å². The molecule has 246 valence electrons. The first-order chi connectivity index (χ1) is 32.5. The van der Waals surface area contributed by atoms with Crippen LogP contribution in [0.15, 0.2) is 91.4 Å². The molecule has 0 bridgehead atoms. The number of likely N-dealkylation sites (tertiary alicyclic amines) is 1. The van der Waals surface area contributed by atoms with Gasteiger partial charge in [0.25, 0.3) is 0 Å². The maximum absolute atomic E-state index is 11.5. The number of piperidine rings is 4. The van der Waals surface area contributed by atoms with E-state index in [1.807, 2.05) is 48.5 Å². The summed E-state index contributed by atoms with van der Waals surface area (Å²) in [5.41, 5.74) is 1.00. The Hall–Kier alpha value is -3.46. The monoisotopic (exact) mass is 644 g/mol. The van der Waals surface area contributed by atoms with E-state index in [0.29, 0.717) is 45.1 Å². The number of benzene rings is 1. The van der Waals surface area contributed by atoms with E-state index >= 15 is 0 Å². The molecular formula is C37H56N6O2. The normalized spacial score (nSPS) is 40.6. The second-order valence-corrected chi connectivity index (χ2v) is 8.40. The van der Waals surface area contributed by atoms with Gasteiger partial charge in [0.2, 0.25) is 11.8 Å². The molecule has 8 heteroatoms. The highest BCUT2D eigenvalue weighted by atomic mass is 16.2. The summed E-state index contributed by atoms with van der Waals surface area (Å²) in [5.74, 6) is -0.0924. The van der Waals surface area contributed by atoms with Crippen molar-refractivity contribution in [2.45, 2.75) is 83.3 Å². The molecule has 7 rings (SSSR count). The van der Waals surface area contributed by atoms with Crippen molar-refractivity contribution in [2.75, 3.05) is 39.0 Å². The van der Waals surface area contributed by atoms with Gasteiger partial charge >= 0.3 is 0 Å². The van der Waals surface area contributed by atoms with Crippen LogP contribution in [0.25, 0.3) is 0 Å². The molecule has 4 fully saturated rings. The Morgan fingerprint density at radius 3 is 1.73 bits per heavy atom. The number of nitrogens with zero attached hydrogens (tertiary/aromatic N) is 3. The average molecular weight is 644 g/mol. The number of rotatable bonds is 2. The largest absolute Gasteiger partial charge is 0.317 e. The minimum atomic E-state index is -3.31. The van der Waals surface area contributed by atoms with Crippen molar-refractivity contribution in [1.29, 1.82) is 0 Å². The summed E-state index contributed by atoms with van der Waals surface area (Å²) >= 11 is 0. The Balaban J connectivity index is 0.000000302. The van der Waals surface area contributed by atoms with E-state index in [9.17, 15) is 9.59 Å². The highest BCUT2D eigenvalue weighted by Crippen LogP contribution is 2.15. The van der Waals surface area contributed by atoms with Crippen LogP contribution in [0.1, 0.15) is 119 Å². The zero-order chi connectivity index (χ0) is 55.9. The number of amides is 2. The lowest BCUT2D eigenvalue weighted by atomic mass is 10.1. The van der Waals surface area contributed by atoms with Crippen LogP contribution in [0.2, 0.25) is 0 Å². The Labute approximate surface area is 309 Å². The van der Waals surface area contributed by atoms with Crippen LogP contribution in [-0.2, 0) is 16.1 Å². The molecule has 4 saturated heterocycles. The Kier molecular flexibility index (Phi) is 8.80. The van der Waals surface area contributed by atoms with Crippen molar-refractivity contribution in [3.8, 4) is 0 Å². The maximum Gasteiger partial charge on any atom is 0.229 e. The predicted octanol–water partition coefficient (Wildman–Crippen LogP) is 6.17. The van der Waals surface area contributed by atoms with Crippen molar-refractivity contribution in [3.63, 3.8) is 0 Å². The molecule has 2 unspecified atom stereocenters. The van der Waals surface area contributed by atoms with Gasteiger partial charge in [0.15, 0.2) is 0 Å². The number of carbonyl (C=O) groups is 2. The summed E-state index contributed by atoms with van der Waals surface area (Å²) < 4.78 is 195. The number of carbonyl (C=O) groups excluding carboxylic acids is 2. The van der Waals surface area contributed by atoms with Crippen molar-refractivity contribution in [2.24, 2.45) is 0 Å². The van der Waals surface area contributed by atoms with Crippen molar-refractivity contribution < 1.29 is 46.6 Å². The van der Waals surface area contributed by atoms with E-state index in [1.165, 1.54) is 4.90 Å². The van der Waals surface area contributed by atoms with Gasteiger partial charge in [-0.2, -0.15) is 0 Å². The van der Waals surface area contributed by atoms with Gasteiger partial charge in [-0.05, 0) is 114 Å². The highest BCUT2D eigenvalue weighted by molar-refractivity contribution is 5.97. The molecule has 2 atom stereocenters. The van der Waals surface area contributed by atoms with Crippen LogP contribution in [0.5, 0.6) is 0 Å². The summed E-state index contributed by atoms with van der Waals surface area (Å²) in [7, 11) is 0. The van der Waals surface area contributed by atoms with Gasteiger partial charge in [0, 0.05) is 67.7 Å². The van der Waals surface area contributed by atoms with Crippen molar-refractivity contribution >= 4 is 11.8 Å². The minimum Gasteiger partial charge on any atom is -0.317 e. The van der Waals surface area contributed by atoms with E-state index in [0.717, 1.165) is 5.56 Å². The number of hydrogen-bond donors (Lipinski definition) is 3. The SMILES string of the molecule is O=C1CCCC(=O)N1Cc1ccccc1.[2H]C1([2H])CCCC([2H])([2H])N1.[2H]C1([2H])NC([2H])([2H])C([2H])([2H])C([2H])([2H])C1([2H])[2H].[2H]C1NC([2H])C([2H])([2H])C([2H])([2H])C1([2H])[2H].[2H]c1nc([2H])c([2H])c([2H])c1[2H].c1ccncc1. The molecule has 3 N–H and O–H groups in total. The molecule has 0 radical (unpaired) electrons. The van der Waals surface area contributed by atoms with Crippen molar-refractivity contribution in [1.82, 2.24) is 30.8 Å². The second kappa shape index (κ2) is 28.0. The smallest absolute Gasteiger partial charge is 0.229 e. The lowest BCUT2D eigenvalue weighted by Gasteiger charge is -2.24. The number of nitrogens with one attached hydrogen (secondary N) is 3. The Morgan fingerprint density at radius 2 is 1.20 bits per heavy atom. The predicted molar refractivity (Wildman–Crippen MR) is 184 cm³/mol.